The second-order valence-electron chi connectivity index (χ2n) is 7.21. The van der Waals surface area contributed by atoms with Crippen molar-refractivity contribution in [3.63, 3.8) is 0 Å². The van der Waals surface area contributed by atoms with Crippen molar-refractivity contribution in [1.82, 2.24) is 5.32 Å². The van der Waals surface area contributed by atoms with Gasteiger partial charge in [0.05, 0.1) is 0 Å². The van der Waals surface area contributed by atoms with E-state index in [9.17, 15) is 0 Å². The van der Waals surface area contributed by atoms with E-state index in [0.717, 1.165) is 23.7 Å². The minimum atomic E-state index is 0.736. The van der Waals surface area contributed by atoms with E-state index < -0.39 is 0 Å². The third-order valence-corrected chi connectivity index (χ3v) is 5.62. The molecule has 1 aliphatic carbocycles. The van der Waals surface area contributed by atoms with E-state index in [0.29, 0.717) is 0 Å². The average Bonchev–Trinajstić information content (AvgIpc) is 2.48. The van der Waals surface area contributed by atoms with Crippen molar-refractivity contribution in [2.75, 3.05) is 13.1 Å². The van der Waals surface area contributed by atoms with E-state index in [1.165, 1.54) is 50.8 Å². The van der Waals surface area contributed by atoms with Crippen molar-refractivity contribution in [1.29, 1.82) is 0 Å². The van der Waals surface area contributed by atoms with Crippen LogP contribution < -0.4 is 5.32 Å². The first kappa shape index (κ1) is 14.1. The molecule has 110 valence electrons. The lowest BCUT2D eigenvalue weighted by molar-refractivity contribution is 0.152. The topological polar surface area (TPSA) is 12.0 Å². The predicted octanol–water partition coefficient (Wildman–Crippen LogP) is 4.51. The molecule has 1 saturated carbocycles. The minimum Gasteiger partial charge on any atom is -0.316 e. The quantitative estimate of drug-likeness (QED) is 0.834. The van der Waals surface area contributed by atoms with Gasteiger partial charge in [0.2, 0.25) is 0 Å². The summed E-state index contributed by atoms with van der Waals surface area (Å²) in [6.45, 7) is 7.04. The highest BCUT2D eigenvalue weighted by Gasteiger charge is 2.34. The summed E-state index contributed by atoms with van der Waals surface area (Å²) in [5.74, 6) is 3.55. The molecule has 1 heteroatoms. The first-order chi connectivity index (χ1) is 9.74. The summed E-state index contributed by atoms with van der Waals surface area (Å²) in [6, 6.07) is 9.30. The van der Waals surface area contributed by atoms with Gasteiger partial charge < -0.3 is 5.32 Å². The average molecular weight is 271 g/mol. The highest BCUT2D eigenvalue weighted by atomic mass is 14.9. The summed E-state index contributed by atoms with van der Waals surface area (Å²) in [5.41, 5.74) is 2.94. The fourth-order valence-corrected chi connectivity index (χ4v) is 4.49. The molecule has 1 nitrogen and oxygen atoms in total. The molecule has 2 aliphatic rings. The van der Waals surface area contributed by atoms with Crippen LogP contribution in [-0.2, 0) is 0 Å². The summed E-state index contributed by atoms with van der Waals surface area (Å²) in [7, 11) is 0. The van der Waals surface area contributed by atoms with Gasteiger partial charge in [-0.2, -0.15) is 0 Å². The van der Waals surface area contributed by atoms with Crippen LogP contribution in [-0.4, -0.2) is 13.1 Å². The normalized spacial score (nSPS) is 34.9. The number of rotatable bonds is 2. The van der Waals surface area contributed by atoms with Gasteiger partial charge in [0.15, 0.2) is 0 Å². The molecule has 2 fully saturated rings. The van der Waals surface area contributed by atoms with Gasteiger partial charge >= 0.3 is 0 Å². The lowest BCUT2D eigenvalue weighted by Gasteiger charge is -2.41. The van der Waals surface area contributed by atoms with E-state index >= 15 is 0 Å². The van der Waals surface area contributed by atoms with Crippen LogP contribution in [0.25, 0.3) is 0 Å². The van der Waals surface area contributed by atoms with Crippen molar-refractivity contribution < 1.29 is 0 Å². The van der Waals surface area contributed by atoms with Crippen LogP contribution >= 0.6 is 0 Å². The second kappa shape index (κ2) is 6.30. The molecule has 0 amide bonds. The molecule has 1 aromatic rings. The van der Waals surface area contributed by atoms with E-state index in [-0.39, 0.29) is 0 Å². The molecular formula is C19H29N. The first-order valence-electron chi connectivity index (χ1n) is 8.51. The van der Waals surface area contributed by atoms with Gasteiger partial charge in [-0.1, -0.05) is 56.0 Å². The molecule has 20 heavy (non-hydrogen) atoms. The first-order valence-corrected chi connectivity index (χ1v) is 8.51. The van der Waals surface area contributed by atoms with Crippen LogP contribution in [0.4, 0.5) is 0 Å². The maximum atomic E-state index is 3.63. The Kier molecular flexibility index (Phi) is 4.45. The van der Waals surface area contributed by atoms with E-state index in [1.807, 2.05) is 0 Å². The SMILES string of the molecule is Cc1ccc(C2CNCCC2C2CCCC(C)C2)cc1. The number of benzene rings is 1. The number of piperidine rings is 1. The third kappa shape index (κ3) is 3.09. The van der Waals surface area contributed by atoms with E-state index in [2.05, 4.69) is 43.4 Å². The van der Waals surface area contributed by atoms with Crippen molar-refractivity contribution in [3.05, 3.63) is 35.4 Å². The van der Waals surface area contributed by atoms with Crippen LogP contribution in [0.1, 0.15) is 56.1 Å². The second-order valence-corrected chi connectivity index (χ2v) is 7.21. The summed E-state index contributed by atoms with van der Waals surface area (Å²) < 4.78 is 0. The van der Waals surface area contributed by atoms with E-state index in [1.54, 1.807) is 5.56 Å². The van der Waals surface area contributed by atoms with Crippen LogP contribution in [0.5, 0.6) is 0 Å². The van der Waals surface area contributed by atoms with Crippen LogP contribution in [0.2, 0.25) is 0 Å². The number of aryl methyl sites for hydroxylation is 1. The van der Waals surface area contributed by atoms with Crippen molar-refractivity contribution in [2.24, 2.45) is 17.8 Å². The fourth-order valence-electron chi connectivity index (χ4n) is 4.49. The molecule has 4 unspecified atom stereocenters. The number of hydrogen-bond donors (Lipinski definition) is 1. The van der Waals surface area contributed by atoms with Gasteiger partial charge in [-0.25, -0.2) is 0 Å². The highest BCUT2D eigenvalue weighted by molar-refractivity contribution is 5.26. The molecular weight excluding hydrogens is 242 g/mol. The van der Waals surface area contributed by atoms with Gasteiger partial charge in [0.25, 0.3) is 0 Å². The Labute approximate surface area is 124 Å². The molecule has 0 bridgehead atoms. The number of nitrogens with one attached hydrogen (secondary N) is 1. The van der Waals surface area contributed by atoms with Gasteiger partial charge in [0, 0.05) is 6.54 Å². The monoisotopic (exact) mass is 271 g/mol. The molecule has 1 aromatic carbocycles. The Balaban J connectivity index is 1.78. The fraction of sp³-hybridized carbons (Fsp3) is 0.684. The van der Waals surface area contributed by atoms with Crippen LogP contribution in [0.15, 0.2) is 24.3 Å². The molecule has 1 aliphatic heterocycles. The Bertz CT molecular complexity index is 422. The maximum Gasteiger partial charge on any atom is 0.00229 e. The lowest BCUT2D eigenvalue weighted by Crippen LogP contribution is -2.39. The molecule has 1 N–H and O–H groups in total. The molecule has 1 saturated heterocycles. The zero-order valence-corrected chi connectivity index (χ0v) is 13.1. The zero-order valence-electron chi connectivity index (χ0n) is 13.1. The van der Waals surface area contributed by atoms with Crippen LogP contribution in [0.3, 0.4) is 0 Å². The largest absolute Gasteiger partial charge is 0.316 e. The minimum absolute atomic E-state index is 0.736. The molecule has 0 spiro atoms. The highest BCUT2D eigenvalue weighted by Crippen LogP contribution is 2.42. The summed E-state index contributed by atoms with van der Waals surface area (Å²) in [5, 5.41) is 3.63. The molecule has 0 radical (unpaired) electrons. The smallest absolute Gasteiger partial charge is 0.00229 e. The Morgan fingerprint density at radius 1 is 1.05 bits per heavy atom. The van der Waals surface area contributed by atoms with Gasteiger partial charge in [0.1, 0.15) is 0 Å². The predicted molar refractivity (Wildman–Crippen MR) is 86.0 cm³/mol. The summed E-state index contributed by atoms with van der Waals surface area (Å²) >= 11 is 0. The molecule has 4 atom stereocenters. The van der Waals surface area contributed by atoms with Gasteiger partial charge in [-0.05, 0) is 55.5 Å². The lowest BCUT2D eigenvalue weighted by atomic mass is 9.67. The molecule has 3 rings (SSSR count). The van der Waals surface area contributed by atoms with Crippen molar-refractivity contribution in [3.8, 4) is 0 Å². The van der Waals surface area contributed by atoms with Crippen molar-refractivity contribution in [2.45, 2.75) is 51.9 Å². The van der Waals surface area contributed by atoms with Gasteiger partial charge in [-0.15, -0.1) is 0 Å². The standard InChI is InChI=1S/C19H29N/c1-14-6-8-16(9-7-14)19-13-20-11-10-18(19)17-5-3-4-15(2)12-17/h6-9,15,17-20H,3-5,10-13H2,1-2H3. The Hall–Kier alpha value is -0.820. The summed E-state index contributed by atoms with van der Waals surface area (Å²) in [6.07, 6.45) is 7.22. The maximum absolute atomic E-state index is 3.63. The third-order valence-electron chi connectivity index (χ3n) is 5.62. The molecule has 0 aromatic heterocycles. The van der Waals surface area contributed by atoms with Crippen molar-refractivity contribution >= 4 is 0 Å². The summed E-state index contributed by atoms with van der Waals surface area (Å²) in [4.78, 5) is 0. The van der Waals surface area contributed by atoms with Gasteiger partial charge in [-0.3, -0.25) is 0 Å². The van der Waals surface area contributed by atoms with Crippen LogP contribution in [0, 0.1) is 24.7 Å². The van der Waals surface area contributed by atoms with E-state index in [4.69, 9.17) is 0 Å². The number of hydrogen-bond acceptors (Lipinski definition) is 1. The molecule has 1 heterocycles. The Morgan fingerprint density at radius 3 is 2.60 bits per heavy atom. The zero-order chi connectivity index (χ0) is 13.9. The Morgan fingerprint density at radius 2 is 1.85 bits per heavy atom.